The first-order valence-electron chi connectivity index (χ1n) is 11.6. The van der Waals surface area contributed by atoms with Crippen LogP contribution in [0.5, 0.6) is 0 Å². The predicted molar refractivity (Wildman–Crippen MR) is 140 cm³/mol. The molecule has 36 heavy (non-hydrogen) atoms. The summed E-state index contributed by atoms with van der Waals surface area (Å²) in [6, 6.07) is 11.0. The number of nitrogens with zero attached hydrogens (tertiary/aromatic N) is 5. The van der Waals surface area contributed by atoms with Gasteiger partial charge in [-0.05, 0) is 36.8 Å². The van der Waals surface area contributed by atoms with Crippen LogP contribution in [-0.2, 0) is 10.0 Å². The summed E-state index contributed by atoms with van der Waals surface area (Å²) >= 11 is 12.5. The number of likely N-dealkylation sites (tertiary alicyclic amines) is 1. The molecule has 0 spiro atoms. The lowest BCUT2D eigenvalue weighted by Gasteiger charge is -2.35. The van der Waals surface area contributed by atoms with Gasteiger partial charge < -0.3 is 15.1 Å². The molecule has 2 saturated heterocycles. The van der Waals surface area contributed by atoms with E-state index in [-0.39, 0.29) is 23.9 Å². The number of halogens is 2. The number of anilines is 1. The van der Waals surface area contributed by atoms with E-state index >= 15 is 0 Å². The minimum absolute atomic E-state index is 0.00177. The van der Waals surface area contributed by atoms with Crippen molar-refractivity contribution in [3.8, 4) is 6.07 Å². The summed E-state index contributed by atoms with van der Waals surface area (Å²) < 4.78 is 25.1. The van der Waals surface area contributed by atoms with Crippen molar-refractivity contribution in [2.45, 2.75) is 18.9 Å². The summed E-state index contributed by atoms with van der Waals surface area (Å²) in [7, 11) is -3.27. The number of aromatic nitrogens is 1. The summed E-state index contributed by atoms with van der Waals surface area (Å²) in [4.78, 5) is 21.3. The molecule has 2 amide bonds. The maximum atomic E-state index is 13.4. The number of nitriles is 1. The van der Waals surface area contributed by atoms with Gasteiger partial charge in [0.05, 0.1) is 21.9 Å². The number of urea groups is 1. The Hall–Kier alpha value is -2.58. The zero-order valence-electron chi connectivity index (χ0n) is 20.1. The van der Waals surface area contributed by atoms with Crippen molar-refractivity contribution in [1.29, 1.82) is 5.26 Å². The maximum absolute atomic E-state index is 13.4. The van der Waals surface area contributed by atoms with E-state index in [1.165, 1.54) is 16.8 Å². The van der Waals surface area contributed by atoms with Crippen LogP contribution in [0.1, 0.15) is 24.0 Å². The van der Waals surface area contributed by atoms with Gasteiger partial charge in [-0.25, -0.2) is 18.2 Å². The topological polar surface area (TPSA) is 110 Å². The third-order valence-corrected chi connectivity index (χ3v) is 8.94. The summed E-state index contributed by atoms with van der Waals surface area (Å²) in [5.74, 6) is 0.693. The van der Waals surface area contributed by atoms with E-state index < -0.39 is 10.0 Å². The number of benzene rings is 1. The number of rotatable bonds is 5. The molecule has 2 aliphatic rings. The Bertz CT molecular complexity index is 1260. The number of hydrogen-bond acceptors (Lipinski definition) is 6. The Labute approximate surface area is 221 Å². The van der Waals surface area contributed by atoms with Crippen LogP contribution < -0.4 is 5.32 Å². The molecule has 1 N–H and O–H groups in total. The molecule has 12 heteroatoms. The third-order valence-electron chi connectivity index (χ3n) is 6.90. The van der Waals surface area contributed by atoms with Crippen LogP contribution in [0.2, 0.25) is 10.0 Å². The first-order chi connectivity index (χ1) is 17.1. The van der Waals surface area contributed by atoms with E-state index in [4.69, 9.17) is 28.5 Å². The van der Waals surface area contributed by atoms with Gasteiger partial charge in [0.2, 0.25) is 10.0 Å². The number of amides is 2. The number of carbonyl (C=O) groups is 1. The van der Waals surface area contributed by atoms with Gasteiger partial charge in [-0.15, -0.1) is 0 Å². The van der Waals surface area contributed by atoms with E-state index in [0.29, 0.717) is 60.7 Å². The fourth-order valence-electron chi connectivity index (χ4n) is 4.88. The van der Waals surface area contributed by atoms with Crippen molar-refractivity contribution >= 4 is 45.1 Å². The number of sulfonamides is 1. The van der Waals surface area contributed by atoms with Crippen LogP contribution in [0.25, 0.3) is 0 Å². The Morgan fingerprint density at radius 3 is 2.42 bits per heavy atom. The Morgan fingerprint density at radius 1 is 1.11 bits per heavy atom. The zero-order chi connectivity index (χ0) is 26.0. The lowest BCUT2D eigenvalue weighted by molar-refractivity contribution is 0.140. The molecule has 0 bridgehead atoms. The summed E-state index contributed by atoms with van der Waals surface area (Å²) in [6.07, 6.45) is 2.71. The molecule has 0 aliphatic carbocycles. The third kappa shape index (κ3) is 5.86. The van der Waals surface area contributed by atoms with E-state index in [1.54, 1.807) is 23.1 Å². The molecular weight excluding hydrogens is 523 g/mol. The Balaban J connectivity index is 1.52. The van der Waals surface area contributed by atoms with Crippen LogP contribution in [0.4, 0.5) is 10.6 Å². The second kappa shape index (κ2) is 10.8. The van der Waals surface area contributed by atoms with Gasteiger partial charge in [0, 0.05) is 63.3 Å². The molecule has 2 fully saturated rings. The van der Waals surface area contributed by atoms with Crippen molar-refractivity contribution in [2.75, 3.05) is 50.8 Å². The van der Waals surface area contributed by atoms with E-state index in [0.717, 1.165) is 5.56 Å². The zero-order valence-corrected chi connectivity index (χ0v) is 22.4. The average molecular weight is 552 g/mol. The van der Waals surface area contributed by atoms with Gasteiger partial charge in [-0.3, -0.25) is 0 Å². The lowest BCUT2D eigenvalue weighted by atomic mass is 9.84. The van der Waals surface area contributed by atoms with E-state index in [2.05, 4.69) is 16.4 Å². The number of piperazine rings is 1. The molecule has 3 atom stereocenters. The first-order valence-corrected chi connectivity index (χ1v) is 14.2. The van der Waals surface area contributed by atoms with Gasteiger partial charge >= 0.3 is 6.03 Å². The molecule has 9 nitrogen and oxygen atoms in total. The summed E-state index contributed by atoms with van der Waals surface area (Å²) in [5, 5.41) is 13.4. The smallest absolute Gasteiger partial charge is 0.320 e. The SMILES string of the molecule is C[C@@H](Nc1ccc(C#N)cn1)C1CN(C(=O)N2CCN(S(C)(=O)=O)CC2)CC1c1ccc(Cl)c(Cl)c1. The van der Waals surface area contributed by atoms with Crippen LogP contribution in [-0.4, -0.2) is 85.1 Å². The van der Waals surface area contributed by atoms with Crippen molar-refractivity contribution in [3.63, 3.8) is 0 Å². The van der Waals surface area contributed by atoms with Gasteiger partial charge in [0.15, 0.2) is 0 Å². The minimum Gasteiger partial charge on any atom is -0.367 e. The summed E-state index contributed by atoms with van der Waals surface area (Å²) in [6.45, 7) is 4.36. The highest BCUT2D eigenvalue weighted by atomic mass is 35.5. The van der Waals surface area contributed by atoms with E-state index in [1.807, 2.05) is 24.0 Å². The maximum Gasteiger partial charge on any atom is 0.320 e. The summed E-state index contributed by atoms with van der Waals surface area (Å²) in [5.41, 5.74) is 1.48. The van der Waals surface area contributed by atoms with Crippen LogP contribution >= 0.6 is 23.2 Å². The highest BCUT2D eigenvalue weighted by Gasteiger charge is 2.41. The largest absolute Gasteiger partial charge is 0.367 e. The number of pyridine rings is 1. The van der Waals surface area contributed by atoms with Gasteiger partial charge in [-0.1, -0.05) is 29.3 Å². The molecule has 1 aromatic carbocycles. The molecular formula is C24H28Cl2N6O3S. The quantitative estimate of drug-likeness (QED) is 0.610. The molecule has 192 valence electrons. The Morgan fingerprint density at radius 2 is 1.83 bits per heavy atom. The molecule has 2 unspecified atom stereocenters. The lowest BCUT2D eigenvalue weighted by Crippen LogP contribution is -2.53. The van der Waals surface area contributed by atoms with Crippen molar-refractivity contribution in [3.05, 3.63) is 57.7 Å². The monoisotopic (exact) mass is 550 g/mol. The van der Waals surface area contributed by atoms with Crippen LogP contribution in [0.15, 0.2) is 36.5 Å². The number of nitrogens with one attached hydrogen (secondary N) is 1. The number of carbonyl (C=O) groups excluding carboxylic acids is 1. The fourth-order valence-corrected chi connectivity index (χ4v) is 6.02. The predicted octanol–water partition coefficient (Wildman–Crippen LogP) is 3.47. The van der Waals surface area contributed by atoms with Gasteiger partial charge in [0.25, 0.3) is 0 Å². The van der Waals surface area contributed by atoms with Crippen molar-refractivity contribution in [1.82, 2.24) is 19.1 Å². The molecule has 1 aromatic heterocycles. The Kier molecular flexibility index (Phi) is 7.95. The van der Waals surface area contributed by atoms with E-state index in [9.17, 15) is 13.2 Å². The second-order valence-electron chi connectivity index (χ2n) is 9.26. The molecule has 3 heterocycles. The van der Waals surface area contributed by atoms with Crippen molar-refractivity contribution in [2.24, 2.45) is 5.92 Å². The molecule has 0 radical (unpaired) electrons. The normalized spacial score (nSPS) is 21.8. The second-order valence-corrected chi connectivity index (χ2v) is 12.1. The fraction of sp³-hybridized carbons (Fsp3) is 0.458. The molecule has 2 aliphatic heterocycles. The van der Waals surface area contributed by atoms with Gasteiger partial charge in [0.1, 0.15) is 11.9 Å². The average Bonchev–Trinajstić information content (AvgIpc) is 3.31. The molecule has 2 aromatic rings. The van der Waals surface area contributed by atoms with Gasteiger partial charge in [-0.2, -0.15) is 9.57 Å². The number of hydrogen-bond donors (Lipinski definition) is 1. The standard InChI is InChI=1S/C24H28Cl2N6O3S/c1-16(29-23-6-3-17(12-27)13-28-23)19-14-31(15-20(19)18-4-5-21(25)22(26)11-18)24(33)30-7-9-32(10-8-30)36(2,34)35/h3-6,11,13,16,19-20H,7-10,14-15H2,1-2H3,(H,28,29)/t16-,19?,20?/m1/s1. The van der Waals surface area contributed by atoms with Crippen LogP contribution in [0.3, 0.4) is 0 Å². The van der Waals surface area contributed by atoms with Crippen molar-refractivity contribution < 1.29 is 13.2 Å². The molecule has 0 saturated carbocycles. The first kappa shape index (κ1) is 26.5. The highest BCUT2D eigenvalue weighted by Crippen LogP contribution is 2.38. The minimum atomic E-state index is -3.27. The molecule has 4 rings (SSSR count). The van der Waals surface area contributed by atoms with Crippen LogP contribution in [0, 0.1) is 17.2 Å². The highest BCUT2D eigenvalue weighted by molar-refractivity contribution is 7.88.